The molecule has 1 aliphatic rings. The fraction of sp³-hybridized carbons (Fsp3) is 0.467. The summed E-state index contributed by atoms with van der Waals surface area (Å²) in [6, 6.07) is 8.42. The predicted molar refractivity (Wildman–Crippen MR) is 78.7 cm³/mol. The molecule has 0 bridgehead atoms. The summed E-state index contributed by atoms with van der Waals surface area (Å²) in [7, 11) is 0. The first-order valence-electron chi connectivity index (χ1n) is 7.12. The number of likely N-dealkylation sites (tertiary alicyclic amines) is 1. The molecule has 1 fully saturated rings. The number of benzene rings is 1. The molecule has 2 amide bonds. The summed E-state index contributed by atoms with van der Waals surface area (Å²) < 4.78 is 0. The van der Waals surface area contributed by atoms with Gasteiger partial charge in [-0.2, -0.15) is 0 Å². The van der Waals surface area contributed by atoms with Crippen molar-refractivity contribution in [3.63, 3.8) is 0 Å². The molecule has 0 aliphatic carbocycles. The second-order valence-electron chi connectivity index (χ2n) is 5.35. The van der Waals surface area contributed by atoms with Gasteiger partial charge in [-0.3, -0.25) is 4.79 Å². The molecule has 2 unspecified atom stereocenters. The van der Waals surface area contributed by atoms with Crippen molar-refractivity contribution < 1.29 is 14.7 Å². The van der Waals surface area contributed by atoms with E-state index in [0.29, 0.717) is 25.6 Å². The van der Waals surface area contributed by atoms with Crippen LogP contribution in [-0.4, -0.2) is 41.6 Å². The van der Waals surface area contributed by atoms with Crippen molar-refractivity contribution in [1.29, 1.82) is 0 Å². The molecule has 0 saturated carbocycles. The number of rotatable bonds is 5. The van der Waals surface area contributed by atoms with Crippen LogP contribution in [-0.2, 0) is 4.79 Å². The first-order valence-corrected chi connectivity index (χ1v) is 7.12. The molecular formula is C15H21N3O3. The van der Waals surface area contributed by atoms with E-state index in [1.165, 1.54) is 0 Å². The fourth-order valence-electron chi connectivity index (χ4n) is 2.56. The van der Waals surface area contributed by atoms with Crippen molar-refractivity contribution in [2.75, 3.05) is 19.6 Å². The Bertz CT molecular complexity index is 492. The van der Waals surface area contributed by atoms with E-state index < -0.39 is 12.0 Å². The van der Waals surface area contributed by atoms with Crippen molar-refractivity contribution in [2.24, 2.45) is 11.7 Å². The molecule has 6 heteroatoms. The van der Waals surface area contributed by atoms with Crippen LogP contribution in [0.1, 0.15) is 24.4 Å². The number of carboxylic acid groups (broad SMARTS) is 1. The van der Waals surface area contributed by atoms with Gasteiger partial charge in [0, 0.05) is 13.1 Å². The lowest BCUT2D eigenvalue weighted by molar-refractivity contribution is -0.137. The summed E-state index contributed by atoms with van der Waals surface area (Å²) in [4.78, 5) is 25.0. The van der Waals surface area contributed by atoms with Gasteiger partial charge < -0.3 is 21.1 Å². The van der Waals surface area contributed by atoms with Crippen molar-refractivity contribution in [1.82, 2.24) is 10.2 Å². The van der Waals surface area contributed by atoms with Gasteiger partial charge in [0.2, 0.25) is 0 Å². The summed E-state index contributed by atoms with van der Waals surface area (Å²) >= 11 is 0. The molecule has 0 radical (unpaired) electrons. The zero-order valence-corrected chi connectivity index (χ0v) is 11.9. The number of amides is 2. The SMILES string of the molecule is NCC1CCN(C(=O)NC(CC(=O)O)c2ccccc2)C1. The van der Waals surface area contributed by atoms with Crippen LogP contribution in [0.25, 0.3) is 0 Å². The number of carbonyl (C=O) groups excluding carboxylic acids is 1. The maximum atomic E-state index is 12.3. The van der Waals surface area contributed by atoms with Crippen LogP contribution in [0.15, 0.2) is 30.3 Å². The van der Waals surface area contributed by atoms with Gasteiger partial charge in [0.15, 0.2) is 0 Å². The number of urea groups is 1. The number of nitrogens with zero attached hydrogens (tertiary/aromatic N) is 1. The third kappa shape index (κ3) is 4.19. The van der Waals surface area contributed by atoms with Gasteiger partial charge in [-0.05, 0) is 24.4 Å². The van der Waals surface area contributed by atoms with Crippen LogP contribution in [0.2, 0.25) is 0 Å². The third-order valence-electron chi connectivity index (χ3n) is 3.78. The van der Waals surface area contributed by atoms with E-state index in [2.05, 4.69) is 5.32 Å². The van der Waals surface area contributed by atoms with E-state index in [0.717, 1.165) is 12.0 Å². The van der Waals surface area contributed by atoms with Crippen molar-refractivity contribution >= 4 is 12.0 Å². The second kappa shape index (κ2) is 7.08. The molecular weight excluding hydrogens is 270 g/mol. The normalized spacial score (nSPS) is 19.3. The molecule has 1 aromatic rings. The van der Waals surface area contributed by atoms with Gasteiger partial charge in [0.1, 0.15) is 0 Å². The number of aliphatic carboxylic acids is 1. The quantitative estimate of drug-likeness (QED) is 0.759. The molecule has 0 spiro atoms. The average molecular weight is 291 g/mol. The van der Waals surface area contributed by atoms with Crippen LogP contribution in [0.3, 0.4) is 0 Å². The van der Waals surface area contributed by atoms with Crippen molar-refractivity contribution in [3.05, 3.63) is 35.9 Å². The molecule has 1 heterocycles. The molecule has 2 atom stereocenters. The smallest absolute Gasteiger partial charge is 0.317 e. The van der Waals surface area contributed by atoms with Gasteiger partial charge in [-0.15, -0.1) is 0 Å². The largest absolute Gasteiger partial charge is 0.481 e. The summed E-state index contributed by atoms with van der Waals surface area (Å²) in [5.41, 5.74) is 6.41. The summed E-state index contributed by atoms with van der Waals surface area (Å²) in [6.45, 7) is 1.88. The number of hydrogen-bond donors (Lipinski definition) is 3. The van der Waals surface area contributed by atoms with E-state index in [1.807, 2.05) is 30.3 Å². The lowest BCUT2D eigenvalue weighted by Crippen LogP contribution is -2.41. The highest BCUT2D eigenvalue weighted by molar-refractivity contribution is 5.76. The first kappa shape index (κ1) is 15.3. The van der Waals surface area contributed by atoms with Crippen molar-refractivity contribution in [3.8, 4) is 0 Å². The Hall–Kier alpha value is -2.08. The summed E-state index contributed by atoms with van der Waals surface area (Å²) in [6.07, 6.45) is 0.767. The Morgan fingerprint density at radius 1 is 1.38 bits per heavy atom. The summed E-state index contributed by atoms with van der Waals surface area (Å²) in [5.74, 6) is -0.601. The zero-order chi connectivity index (χ0) is 15.2. The molecule has 114 valence electrons. The Kier molecular flexibility index (Phi) is 5.16. The van der Waals surface area contributed by atoms with E-state index in [4.69, 9.17) is 10.8 Å². The summed E-state index contributed by atoms with van der Waals surface area (Å²) in [5, 5.41) is 11.8. The van der Waals surface area contributed by atoms with Crippen LogP contribution in [0.4, 0.5) is 4.79 Å². The molecule has 0 aromatic heterocycles. The third-order valence-corrected chi connectivity index (χ3v) is 3.78. The minimum Gasteiger partial charge on any atom is -0.481 e. The number of carbonyl (C=O) groups is 2. The molecule has 6 nitrogen and oxygen atoms in total. The zero-order valence-electron chi connectivity index (χ0n) is 11.9. The highest BCUT2D eigenvalue weighted by atomic mass is 16.4. The van der Waals surface area contributed by atoms with E-state index >= 15 is 0 Å². The first-order chi connectivity index (χ1) is 10.1. The fourth-order valence-corrected chi connectivity index (χ4v) is 2.56. The second-order valence-corrected chi connectivity index (χ2v) is 5.35. The highest BCUT2D eigenvalue weighted by Gasteiger charge is 2.27. The number of nitrogens with two attached hydrogens (primary N) is 1. The standard InChI is InChI=1S/C15H21N3O3/c16-9-11-6-7-18(10-11)15(21)17-13(8-14(19)20)12-4-2-1-3-5-12/h1-5,11,13H,6-10,16H2,(H,17,21)(H,19,20). The maximum absolute atomic E-state index is 12.3. The van der Waals surface area contributed by atoms with Crippen LogP contribution in [0, 0.1) is 5.92 Å². The molecule has 1 aromatic carbocycles. The number of carboxylic acids is 1. The highest BCUT2D eigenvalue weighted by Crippen LogP contribution is 2.19. The van der Waals surface area contributed by atoms with Gasteiger partial charge >= 0.3 is 12.0 Å². The molecule has 2 rings (SSSR count). The lowest BCUT2D eigenvalue weighted by Gasteiger charge is -2.23. The van der Waals surface area contributed by atoms with Gasteiger partial charge in [-0.25, -0.2) is 4.79 Å². The number of hydrogen-bond acceptors (Lipinski definition) is 3. The Balaban J connectivity index is 2.02. The van der Waals surface area contributed by atoms with Crippen LogP contribution in [0.5, 0.6) is 0 Å². The average Bonchev–Trinajstić information content (AvgIpc) is 2.96. The monoisotopic (exact) mass is 291 g/mol. The van der Waals surface area contributed by atoms with Gasteiger partial charge in [0.05, 0.1) is 12.5 Å². The maximum Gasteiger partial charge on any atom is 0.317 e. The Morgan fingerprint density at radius 2 is 2.10 bits per heavy atom. The minimum atomic E-state index is -0.939. The Morgan fingerprint density at radius 3 is 2.67 bits per heavy atom. The van der Waals surface area contributed by atoms with E-state index in [-0.39, 0.29) is 12.5 Å². The molecule has 21 heavy (non-hydrogen) atoms. The molecule has 1 saturated heterocycles. The Labute approximate surface area is 123 Å². The topological polar surface area (TPSA) is 95.7 Å². The number of nitrogens with one attached hydrogen (secondary N) is 1. The van der Waals surface area contributed by atoms with Gasteiger partial charge in [0.25, 0.3) is 0 Å². The van der Waals surface area contributed by atoms with Crippen LogP contribution < -0.4 is 11.1 Å². The molecule has 4 N–H and O–H groups in total. The lowest BCUT2D eigenvalue weighted by atomic mass is 10.0. The van der Waals surface area contributed by atoms with E-state index in [9.17, 15) is 9.59 Å². The van der Waals surface area contributed by atoms with E-state index in [1.54, 1.807) is 4.90 Å². The van der Waals surface area contributed by atoms with Gasteiger partial charge in [-0.1, -0.05) is 30.3 Å². The predicted octanol–water partition coefficient (Wildman–Crippen LogP) is 1.19. The van der Waals surface area contributed by atoms with Crippen LogP contribution >= 0.6 is 0 Å². The van der Waals surface area contributed by atoms with Crippen molar-refractivity contribution in [2.45, 2.75) is 18.9 Å². The minimum absolute atomic E-state index is 0.135. The molecule has 1 aliphatic heterocycles.